The van der Waals surface area contributed by atoms with E-state index < -0.39 is 0 Å². The van der Waals surface area contributed by atoms with Gasteiger partial charge in [-0.1, -0.05) is 19.4 Å². The Morgan fingerprint density at radius 3 is 2.71 bits per heavy atom. The second-order valence-electron chi connectivity index (χ2n) is 5.40. The molecule has 0 aromatic heterocycles. The molecule has 0 aromatic carbocycles. The highest BCUT2D eigenvalue weighted by atomic mass is 15.1. The van der Waals surface area contributed by atoms with Crippen molar-refractivity contribution in [3.05, 3.63) is 12.7 Å². The summed E-state index contributed by atoms with van der Waals surface area (Å²) < 4.78 is 0. The van der Waals surface area contributed by atoms with E-state index in [0.717, 1.165) is 12.5 Å². The van der Waals surface area contributed by atoms with Gasteiger partial charge < -0.3 is 10.2 Å². The Hall–Kier alpha value is -0.340. The van der Waals surface area contributed by atoms with Crippen molar-refractivity contribution in [2.24, 2.45) is 0 Å². The lowest BCUT2D eigenvalue weighted by molar-refractivity contribution is 0.189. The van der Waals surface area contributed by atoms with E-state index in [4.69, 9.17) is 0 Å². The Bertz CT molecular complexity index is 195. The molecule has 1 fully saturated rings. The number of nitrogens with one attached hydrogen (secondary N) is 1. The Morgan fingerprint density at radius 1 is 1.41 bits per heavy atom. The molecular weight excluding hydrogens is 208 g/mol. The number of likely N-dealkylation sites (tertiary alicyclic amines) is 1. The van der Waals surface area contributed by atoms with Gasteiger partial charge in [0, 0.05) is 12.1 Å². The minimum Gasteiger partial charge on any atom is -0.311 e. The van der Waals surface area contributed by atoms with Crippen LogP contribution in [0.1, 0.15) is 52.4 Å². The van der Waals surface area contributed by atoms with Gasteiger partial charge in [0.2, 0.25) is 0 Å². The number of hydrogen-bond donors (Lipinski definition) is 1. The van der Waals surface area contributed by atoms with Gasteiger partial charge in [-0.15, -0.1) is 6.58 Å². The van der Waals surface area contributed by atoms with E-state index in [2.05, 4.69) is 30.6 Å². The molecule has 1 N–H and O–H groups in total. The zero-order valence-corrected chi connectivity index (χ0v) is 11.8. The Labute approximate surface area is 107 Å². The van der Waals surface area contributed by atoms with Crippen LogP contribution in [0.15, 0.2) is 12.7 Å². The first-order valence-electron chi connectivity index (χ1n) is 7.35. The Kier molecular flexibility index (Phi) is 7.54. The number of hydrogen-bond acceptors (Lipinski definition) is 2. The number of nitrogens with zero attached hydrogens (tertiary/aromatic N) is 1. The van der Waals surface area contributed by atoms with Gasteiger partial charge in [-0.2, -0.15) is 0 Å². The van der Waals surface area contributed by atoms with Crippen LogP contribution >= 0.6 is 0 Å². The zero-order chi connectivity index (χ0) is 12.5. The third-order valence-corrected chi connectivity index (χ3v) is 3.74. The van der Waals surface area contributed by atoms with Gasteiger partial charge in [-0.3, -0.25) is 0 Å². The topological polar surface area (TPSA) is 15.3 Å². The van der Waals surface area contributed by atoms with Crippen molar-refractivity contribution in [2.75, 3.05) is 19.6 Å². The molecule has 0 amide bonds. The summed E-state index contributed by atoms with van der Waals surface area (Å²) in [5.74, 6) is 0. The predicted molar refractivity (Wildman–Crippen MR) is 76.4 cm³/mol. The van der Waals surface area contributed by atoms with Gasteiger partial charge in [0.1, 0.15) is 0 Å². The molecule has 0 aromatic rings. The fourth-order valence-corrected chi connectivity index (χ4v) is 2.56. The second kappa shape index (κ2) is 8.71. The largest absolute Gasteiger partial charge is 0.311 e. The molecule has 1 unspecified atom stereocenters. The number of piperidine rings is 1. The van der Waals surface area contributed by atoms with E-state index in [1.54, 1.807) is 0 Å². The molecule has 17 heavy (non-hydrogen) atoms. The van der Waals surface area contributed by atoms with Crippen molar-refractivity contribution in [2.45, 2.75) is 64.5 Å². The number of rotatable bonds is 8. The molecule has 1 saturated heterocycles. The molecule has 0 spiro atoms. The first-order chi connectivity index (χ1) is 8.26. The number of allylic oxidation sites excluding steroid dienone is 1. The van der Waals surface area contributed by atoms with Crippen molar-refractivity contribution in [1.29, 1.82) is 0 Å². The lowest BCUT2D eigenvalue weighted by atomic mass is 10.0. The van der Waals surface area contributed by atoms with Crippen LogP contribution in [0.2, 0.25) is 0 Å². The molecule has 2 heteroatoms. The van der Waals surface area contributed by atoms with Crippen LogP contribution < -0.4 is 5.32 Å². The summed E-state index contributed by atoms with van der Waals surface area (Å²) in [6.45, 7) is 12.2. The van der Waals surface area contributed by atoms with Gasteiger partial charge in [0.05, 0.1) is 0 Å². The van der Waals surface area contributed by atoms with E-state index in [0.29, 0.717) is 6.04 Å². The molecule has 1 rings (SSSR count). The molecule has 1 heterocycles. The minimum atomic E-state index is 0.639. The monoisotopic (exact) mass is 238 g/mol. The van der Waals surface area contributed by atoms with Crippen molar-refractivity contribution in [3.63, 3.8) is 0 Å². The Morgan fingerprint density at radius 2 is 2.12 bits per heavy atom. The van der Waals surface area contributed by atoms with Crippen LogP contribution in [0.5, 0.6) is 0 Å². The lowest BCUT2D eigenvalue weighted by Crippen LogP contribution is -2.45. The van der Waals surface area contributed by atoms with Crippen LogP contribution in [0.3, 0.4) is 0 Å². The van der Waals surface area contributed by atoms with E-state index >= 15 is 0 Å². The van der Waals surface area contributed by atoms with E-state index in [1.165, 1.54) is 51.7 Å². The quantitative estimate of drug-likeness (QED) is 0.653. The lowest BCUT2D eigenvalue weighted by Gasteiger charge is -2.33. The van der Waals surface area contributed by atoms with Gasteiger partial charge in [0.15, 0.2) is 0 Å². The molecule has 0 bridgehead atoms. The summed E-state index contributed by atoms with van der Waals surface area (Å²) in [5, 5.41) is 3.76. The summed E-state index contributed by atoms with van der Waals surface area (Å²) in [5.41, 5.74) is 0. The third kappa shape index (κ3) is 6.23. The molecule has 100 valence electrons. The second-order valence-corrected chi connectivity index (χ2v) is 5.40. The normalized spacial score (nSPS) is 20.4. The van der Waals surface area contributed by atoms with Gasteiger partial charge in [0.25, 0.3) is 0 Å². The first-order valence-corrected chi connectivity index (χ1v) is 7.35. The van der Waals surface area contributed by atoms with Crippen molar-refractivity contribution >= 4 is 0 Å². The smallest absolute Gasteiger partial charge is 0.00938 e. The van der Waals surface area contributed by atoms with E-state index in [1.807, 2.05) is 6.08 Å². The molecular formula is C15H30N2. The summed E-state index contributed by atoms with van der Waals surface area (Å²) >= 11 is 0. The van der Waals surface area contributed by atoms with Crippen molar-refractivity contribution in [1.82, 2.24) is 10.2 Å². The zero-order valence-electron chi connectivity index (χ0n) is 11.8. The van der Waals surface area contributed by atoms with Gasteiger partial charge in [-0.05, 0) is 58.7 Å². The third-order valence-electron chi connectivity index (χ3n) is 3.74. The van der Waals surface area contributed by atoms with Crippen LogP contribution in [0, 0.1) is 0 Å². The highest BCUT2D eigenvalue weighted by Crippen LogP contribution is 2.12. The maximum absolute atomic E-state index is 3.78. The standard InChI is InChI=1S/C15H30N2/c1-4-6-8-14(3)16-15-9-12-17(13-10-15)11-7-5-2/h4,14-16H,1,5-13H2,2-3H3. The molecule has 1 aliphatic heterocycles. The molecule has 2 nitrogen and oxygen atoms in total. The van der Waals surface area contributed by atoms with E-state index in [9.17, 15) is 0 Å². The van der Waals surface area contributed by atoms with Crippen molar-refractivity contribution < 1.29 is 0 Å². The number of unbranched alkanes of at least 4 members (excludes halogenated alkanes) is 1. The predicted octanol–water partition coefficient (Wildman–Crippen LogP) is 3.20. The fourth-order valence-electron chi connectivity index (χ4n) is 2.56. The molecule has 0 aliphatic carbocycles. The molecule has 1 aliphatic rings. The van der Waals surface area contributed by atoms with Crippen LogP contribution in [-0.4, -0.2) is 36.6 Å². The summed E-state index contributed by atoms with van der Waals surface area (Å²) in [6, 6.07) is 1.38. The highest BCUT2D eigenvalue weighted by molar-refractivity contribution is 4.80. The first kappa shape index (κ1) is 14.7. The molecule has 0 saturated carbocycles. The molecule has 0 radical (unpaired) electrons. The maximum Gasteiger partial charge on any atom is 0.00938 e. The Balaban J connectivity index is 2.11. The molecule has 1 atom stereocenters. The maximum atomic E-state index is 3.78. The summed E-state index contributed by atoms with van der Waals surface area (Å²) in [7, 11) is 0. The summed E-state index contributed by atoms with van der Waals surface area (Å²) in [6.07, 6.45) is 9.68. The van der Waals surface area contributed by atoms with Gasteiger partial charge in [-0.25, -0.2) is 0 Å². The highest BCUT2D eigenvalue weighted by Gasteiger charge is 2.19. The minimum absolute atomic E-state index is 0.639. The average molecular weight is 238 g/mol. The summed E-state index contributed by atoms with van der Waals surface area (Å²) in [4.78, 5) is 2.62. The SMILES string of the molecule is C=CCCC(C)NC1CCN(CCCC)CC1. The van der Waals surface area contributed by atoms with Crippen LogP contribution in [0.25, 0.3) is 0 Å². The average Bonchev–Trinajstić information content (AvgIpc) is 2.35. The van der Waals surface area contributed by atoms with Crippen LogP contribution in [-0.2, 0) is 0 Å². The van der Waals surface area contributed by atoms with E-state index in [-0.39, 0.29) is 0 Å². The van der Waals surface area contributed by atoms with Gasteiger partial charge >= 0.3 is 0 Å². The fraction of sp³-hybridized carbons (Fsp3) is 0.867. The van der Waals surface area contributed by atoms with Crippen LogP contribution in [0.4, 0.5) is 0 Å². The van der Waals surface area contributed by atoms with Crippen molar-refractivity contribution in [3.8, 4) is 0 Å².